The van der Waals surface area contributed by atoms with Crippen LogP contribution < -0.4 is 0 Å². The van der Waals surface area contributed by atoms with Crippen molar-refractivity contribution < 1.29 is 75.2 Å². The Bertz CT molecular complexity index is 2080. The third-order valence-corrected chi connectivity index (χ3v) is 54.3. The molecule has 0 saturated carbocycles. The highest BCUT2D eigenvalue weighted by Crippen LogP contribution is 2.35. The summed E-state index contributed by atoms with van der Waals surface area (Å²) in [4.78, 5) is 48.0. The average Bonchev–Trinajstić information content (AvgIpc) is 3.45. The summed E-state index contributed by atoms with van der Waals surface area (Å²) in [6, 6.07) is 3.56. The maximum atomic E-state index is 12.2. The van der Waals surface area contributed by atoms with Crippen molar-refractivity contribution in [2.75, 3.05) is 26.4 Å². The first-order valence-corrected chi connectivity index (χ1v) is 70.3. The van der Waals surface area contributed by atoms with Gasteiger partial charge in [0, 0.05) is 14.1 Å². The minimum atomic E-state index is -2.83. The Hall–Kier alpha value is 0.123. The number of hydrogen-bond donors (Lipinski definition) is 0. The van der Waals surface area contributed by atoms with E-state index in [1.165, 1.54) is 6.04 Å². The fraction of sp³-hybridized carbons (Fsp3) is 0.935. The molecule has 0 amide bonds. The van der Waals surface area contributed by atoms with Gasteiger partial charge in [-0.1, -0.05) is 53.4 Å². The minimum absolute atomic E-state index is 0.0550. The van der Waals surface area contributed by atoms with E-state index in [0.717, 1.165) is 57.0 Å². The van der Waals surface area contributed by atoms with Crippen LogP contribution in [0, 0.1) is 21.7 Å². The SMILES string of the molecule is CCC(C)(C)C(=O)OCCC[Si](C)(C)C.CCC(C)(C)C(=O)OCCC[Si](C)(O[Si](C)(C)C)O[Si](C)(C)C.CCC(C)(C)C(=O)OCCC[Si](O[Si](C)(C)C)(O[Si](C)(C)C)O[Si](C)(C)C.CCC(C)(C)C(=O)OCCC[Si]1(C)O[Si](C)(C)O[Si](C)(C)O[Si](C)(C)O1. The smallest absolute Gasteiger partial charge is 0.465 e. The van der Waals surface area contributed by atoms with E-state index in [1.54, 1.807) is 0 Å². The molecule has 0 aromatic carbocycles. The van der Waals surface area contributed by atoms with Gasteiger partial charge in [0.2, 0.25) is 0 Å². The number of esters is 4. The van der Waals surface area contributed by atoms with Crippen LogP contribution in [0.1, 0.15) is 134 Å². The van der Waals surface area contributed by atoms with Crippen molar-refractivity contribution in [1.29, 1.82) is 0 Å². The molecule has 0 N–H and O–H groups in total. The van der Waals surface area contributed by atoms with Crippen LogP contribution in [0.15, 0.2) is 0 Å². The van der Waals surface area contributed by atoms with Gasteiger partial charge in [0.1, 0.15) is 0 Å². The Morgan fingerprint density at radius 1 is 0.330 bits per heavy atom. The number of rotatable bonds is 34. The monoisotopic (exact) mass is 1500 g/mol. The molecule has 0 radical (unpaired) electrons. The molecule has 0 unspecified atom stereocenters. The van der Waals surface area contributed by atoms with Crippen molar-refractivity contribution in [3.63, 3.8) is 0 Å². The molecule has 0 aliphatic carbocycles. The zero-order valence-corrected chi connectivity index (χ0v) is 78.3. The molecule has 0 spiro atoms. The Morgan fingerprint density at radius 2 is 0.560 bits per heavy atom. The van der Waals surface area contributed by atoms with Gasteiger partial charge in [0.15, 0.2) is 41.6 Å². The van der Waals surface area contributed by atoms with E-state index < -0.39 is 118 Å². The van der Waals surface area contributed by atoms with Crippen molar-refractivity contribution in [2.45, 2.75) is 329 Å². The second kappa shape index (κ2) is 38.1. The van der Waals surface area contributed by atoms with Gasteiger partial charge in [-0.2, -0.15) is 0 Å². The van der Waals surface area contributed by atoms with E-state index in [-0.39, 0.29) is 29.3 Å². The predicted octanol–water partition coefficient (Wildman–Crippen LogP) is 19.3. The van der Waals surface area contributed by atoms with E-state index in [4.69, 9.17) is 56.0 Å². The highest BCUT2D eigenvalue weighted by Gasteiger charge is 2.53. The maximum absolute atomic E-state index is 12.2. The molecule has 0 aromatic rings. The van der Waals surface area contributed by atoms with E-state index in [1.807, 2.05) is 83.1 Å². The number of carbonyl (C=O) groups is 4. The van der Waals surface area contributed by atoms with Crippen LogP contribution in [0.5, 0.6) is 0 Å². The van der Waals surface area contributed by atoms with Crippen molar-refractivity contribution in [3.8, 4) is 0 Å². The van der Waals surface area contributed by atoms with Gasteiger partial charge >= 0.3 is 75.5 Å². The van der Waals surface area contributed by atoms with Crippen LogP contribution >= 0.6 is 0 Å². The van der Waals surface area contributed by atoms with Gasteiger partial charge in [0.25, 0.3) is 0 Å². The molecule has 1 heterocycles. The highest BCUT2D eigenvalue weighted by molar-refractivity contribution is 6.93. The van der Waals surface area contributed by atoms with Crippen LogP contribution in [0.4, 0.5) is 0 Å². The quantitative estimate of drug-likeness (QED) is 0.0256. The van der Waals surface area contributed by atoms with E-state index in [0.29, 0.717) is 38.9 Å². The van der Waals surface area contributed by atoms with Gasteiger partial charge in [-0.3, -0.25) is 19.2 Å². The van der Waals surface area contributed by atoms with Gasteiger partial charge < -0.3 is 56.0 Å². The van der Waals surface area contributed by atoms with Crippen molar-refractivity contribution >= 4 is 125 Å². The van der Waals surface area contributed by atoms with E-state index in [2.05, 4.69) is 170 Å². The lowest BCUT2D eigenvalue weighted by Crippen LogP contribution is -2.65. The molecule has 544 valence electrons. The largest absolute Gasteiger partial charge is 0.469 e. The summed E-state index contributed by atoms with van der Waals surface area (Å²) >= 11 is 0. The Kier molecular flexibility index (Phi) is 39.9. The van der Waals surface area contributed by atoms with Gasteiger partial charge in [-0.25, -0.2) is 0 Å². The Balaban J connectivity index is -0.00000116. The lowest BCUT2D eigenvalue weighted by Gasteiger charge is -2.47. The lowest BCUT2D eigenvalue weighted by molar-refractivity contribution is -0.154. The molecular weight excluding hydrogens is 1350 g/mol. The van der Waals surface area contributed by atoms with Gasteiger partial charge in [-0.15, -0.1) is 0 Å². The first kappa shape index (κ1) is 95.3. The molecule has 1 fully saturated rings. The zero-order valence-electron chi connectivity index (χ0n) is 66.3. The average molecular weight is 1500 g/mol. The number of carbonyl (C=O) groups excluding carboxylic acids is 4. The summed E-state index contributed by atoms with van der Waals surface area (Å²) in [5.74, 6) is -0.447. The van der Waals surface area contributed by atoms with Gasteiger partial charge in [0.05, 0.1) is 48.1 Å². The number of hydrogen-bond acceptors (Lipinski definition) is 17. The van der Waals surface area contributed by atoms with Crippen LogP contribution in [0.3, 0.4) is 0 Å². The minimum Gasteiger partial charge on any atom is -0.465 e. The fourth-order valence-electron chi connectivity index (χ4n) is 9.14. The molecule has 17 nitrogen and oxygen atoms in total. The topological polar surface area (TPSA) is 188 Å². The van der Waals surface area contributed by atoms with Crippen molar-refractivity contribution in [1.82, 2.24) is 0 Å². The number of ether oxygens (including phenoxy) is 4. The summed E-state index contributed by atoms with van der Waals surface area (Å²) in [7, 11) is -24.3. The normalized spacial score (nSPS) is 16.9. The molecule has 1 aliphatic heterocycles. The molecular formula is C62H146O17Si12. The Morgan fingerprint density at radius 3 is 0.802 bits per heavy atom. The zero-order chi connectivity index (χ0) is 72.8. The first-order chi connectivity index (χ1) is 40.1. The molecule has 1 rings (SSSR count). The third-order valence-electron chi connectivity index (χ3n) is 14.3. The summed E-state index contributed by atoms with van der Waals surface area (Å²) in [5, 5.41) is 0. The molecule has 0 aromatic heterocycles. The highest BCUT2D eigenvalue weighted by atomic mass is 28.5. The molecule has 1 aliphatic rings. The predicted molar refractivity (Wildman–Crippen MR) is 409 cm³/mol. The molecule has 0 atom stereocenters. The second-order valence-corrected chi connectivity index (χ2v) is 85.0. The standard InChI is InChI=1S/C18H44O5Si4.C16H38O6Si4.C16H38O4Si3.C12H26O2Si/c1-13-18(2,3)17(19)20-15-14-16-27(21-24(4,5)6,22-25(7,8)9)23-26(10,11)12;1-11-16(2,3)15(17)18-13-12-14-26(10)21-24(6,7)19-23(4,5)20-25(8,9)22-26;1-11-16(2,3)15(17)18-13-12-14-23(10,19-21(4,5)6)20-22(7,8)9;1-7-12(2,3)11(13)14-9-8-10-15(4,5)6/h13-16H2,1-12H3;11-14H2,1-10H3;11-14H2,1-10H3;7-10H2,1-6H3. The van der Waals surface area contributed by atoms with Crippen LogP contribution in [0.25, 0.3) is 0 Å². The van der Waals surface area contributed by atoms with Gasteiger partial charge in [-0.05, 0) is 269 Å². The first-order valence-electron chi connectivity index (χ1n) is 34.1. The summed E-state index contributed by atoms with van der Waals surface area (Å²) in [5.41, 5.74) is -1.59. The lowest BCUT2D eigenvalue weighted by atomic mass is 9.91. The third kappa shape index (κ3) is 46.9. The van der Waals surface area contributed by atoms with E-state index in [9.17, 15) is 19.2 Å². The second-order valence-electron chi connectivity index (χ2n) is 35.1. The molecule has 91 heavy (non-hydrogen) atoms. The summed E-state index contributed by atoms with van der Waals surface area (Å²) < 4.78 is 80.2. The fourth-order valence-corrected chi connectivity index (χ4v) is 59.0. The van der Waals surface area contributed by atoms with E-state index >= 15 is 0 Å². The molecule has 0 bridgehead atoms. The van der Waals surface area contributed by atoms with Crippen LogP contribution in [0.2, 0.25) is 194 Å². The summed E-state index contributed by atoms with van der Waals surface area (Å²) in [6.07, 6.45) is 6.40. The molecule has 1 saturated heterocycles. The maximum Gasteiger partial charge on any atom is 0.469 e. The Labute approximate surface area is 573 Å². The van der Waals surface area contributed by atoms with Crippen LogP contribution in [-0.4, -0.2) is 152 Å². The molecule has 29 heteroatoms. The summed E-state index contributed by atoms with van der Waals surface area (Å²) in [6.45, 7) is 81.7. The van der Waals surface area contributed by atoms with Crippen LogP contribution in [-0.2, 0) is 75.2 Å². The van der Waals surface area contributed by atoms with Crippen molar-refractivity contribution in [3.05, 3.63) is 0 Å². The van der Waals surface area contributed by atoms with Crippen molar-refractivity contribution in [2.24, 2.45) is 21.7 Å².